The Morgan fingerprint density at radius 1 is 1.54 bits per heavy atom. The molecule has 1 aliphatic rings. The predicted molar refractivity (Wildman–Crippen MR) is 50.4 cm³/mol. The number of hydrogen-bond donors (Lipinski definition) is 2. The maximum atomic E-state index is 10.9. The average molecular weight is 186 g/mol. The smallest absolute Gasteiger partial charge is 0.306 e. The molecule has 1 saturated heterocycles. The lowest BCUT2D eigenvalue weighted by molar-refractivity contribution is -0.143. The largest absolute Gasteiger partial charge is 0.481 e. The van der Waals surface area contributed by atoms with Gasteiger partial charge in [-0.2, -0.15) is 0 Å². The summed E-state index contributed by atoms with van der Waals surface area (Å²) in [6, 6.07) is 0. The van der Waals surface area contributed by atoms with Gasteiger partial charge in [0.25, 0.3) is 0 Å². The molecule has 13 heavy (non-hydrogen) atoms. The van der Waals surface area contributed by atoms with Crippen molar-refractivity contribution in [2.75, 3.05) is 26.7 Å². The molecule has 76 valence electrons. The third kappa shape index (κ3) is 2.67. The average Bonchev–Trinajstić information content (AvgIpc) is 2.26. The summed E-state index contributed by atoms with van der Waals surface area (Å²) in [5.74, 6) is -0.775. The van der Waals surface area contributed by atoms with Crippen LogP contribution in [0.5, 0.6) is 0 Å². The van der Waals surface area contributed by atoms with E-state index in [9.17, 15) is 4.79 Å². The van der Waals surface area contributed by atoms with E-state index in [1.165, 1.54) is 0 Å². The van der Waals surface area contributed by atoms with Crippen LogP contribution in [-0.4, -0.2) is 42.7 Å². The molecule has 0 amide bonds. The van der Waals surface area contributed by atoms with Gasteiger partial charge < -0.3 is 15.7 Å². The molecule has 0 aliphatic carbocycles. The van der Waals surface area contributed by atoms with Crippen LogP contribution in [0.1, 0.15) is 12.8 Å². The van der Waals surface area contributed by atoms with E-state index in [-0.39, 0.29) is 11.8 Å². The Kier molecular flexibility index (Phi) is 3.69. The molecular formula is C9H18N2O2. The number of carboxylic acid groups (broad SMARTS) is 1. The lowest BCUT2D eigenvalue weighted by atomic mass is 9.88. The molecule has 1 rings (SSSR count). The van der Waals surface area contributed by atoms with Crippen molar-refractivity contribution in [1.82, 2.24) is 4.90 Å². The SMILES string of the molecule is CN1CC[C@H](CN)[C@H](C(=O)O)CC1. The number of hydrogen-bond acceptors (Lipinski definition) is 3. The molecule has 0 saturated carbocycles. The summed E-state index contributed by atoms with van der Waals surface area (Å²) in [4.78, 5) is 13.1. The molecule has 1 fully saturated rings. The molecule has 0 bridgehead atoms. The van der Waals surface area contributed by atoms with Gasteiger partial charge in [-0.3, -0.25) is 4.79 Å². The Labute approximate surface area is 78.7 Å². The predicted octanol–water partition coefficient (Wildman–Crippen LogP) is -0.0123. The van der Waals surface area contributed by atoms with Gasteiger partial charge in [0.15, 0.2) is 0 Å². The fraction of sp³-hybridized carbons (Fsp3) is 0.889. The summed E-state index contributed by atoms with van der Waals surface area (Å²) >= 11 is 0. The number of nitrogens with zero attached hydrogens (tertiary/aromatic N) is 1. The third-order valence-electron chi connectivity index (χ3n) is 2.89. The van der Waals surface area contributed by atoms with Gasteiger partial charge in [0.05, 0.1) is 5.92 Å². The van der Waals surface area contributed by atoms with Gasteiger partial charge in [0.1, 0.15) is 0 Å². The summed E-state index contributed by atoms with van der Waals surface area (Å²) < 4.78 is 0. The fourth-order valence-corrected chi connectivity index (χ4v) is 1.90. The highest BCUT2D eigenvalue weighted by molar-refractivity contribution is 5.70. The Bertz CT molecular complexity index is 184. The first-order valence-electron chi connectivity index (χ1n) is 4.76. The zero-order chi connectivity index (χ0) is 9.84. The maximum Gasteiger partial charge on any atom is 0.306 e. The van der Waals surface area contributed by atoms with Gasteiger partial charge in [-0.1, -0.05) is 0 Å². The van der Waals surface area contributed by atoms with Crippen molar-refractivity contribution in [3.8, 4) is 0 Å². The molecule has 4 heteroatoms. The van der Waals surface area contributed by atoms with Gasteiger partial charge in [0, 0.05) is 0 Å². The number of rotatable bonds is 2. The van der Waals surface area contributed by atoms with Gasteiger partial charge >= 0.3 is 5.97 Å². The van der Waals surface area contributed by atoms with Crippen LogP contribution < -0.4 is 5.73 Å². The molecule has 0 aromatic carbocycles. The van der Waals surface area contributed by atoms with E-state index < -0.39 is 5.97 Å². The number of aliphatic carboxylic acids is 1. The molecule has 1 aliphatic heterocycles. The van der Waals surface area contributed by atoms with Crippen LogP contribution in [0.3, 0.4) is 0 Å². The topological polar surface area (TPSA) is 66.6 Å². The summed E-state index contributed by atoms with van der Waals surface area (Å²) in [5.41, 5.74) is 5.56. The number of carboxylic acids is 1. The molecule has 4 nitrogen and oxygen atoms in total. The minimum absolute atomic E-state index is 0.155. The highest BCUT2D eigenvalue weighted by Crippen LogP contribution is 2.22. The zero-order valence-electron chi connectivity index (χ0n) is 8.07. The van der Waals surface area contributed by atoms with Crippen LogP contribution in [0, 0.1) is 11.8 Å². The second-order valence-corrected chi connectivity index (χ2v) is 3.82. The number of nitrogens with two attached hydrogens (primary N) is 1. The Morgan fingerprint density at radius 2 is 2.15 bits per heavy atom. The summed E-state index contributed by atoms with van der Waals surface area (Å²) in [5, 5.41) is 8.98. The van der Waals surface area contributed by atoms with Crippen LogP contribution in [0.4, 0.5) is 0 Å². The van der Waals surface area contributed by atoms with Crippen molar-refractivity contribution >= 4 is 5.97 Å². The van der Waals surface area contributed by atoms with Gasteiger partial charge in [-0.25, -0.2) is 0 Å². The van der Waals surface area contributed by atoms with E-state index in [4.69, 9.17) is 10.8 Å². The molecule has 0 aromatic rings. The summed E-state index contributed by atoms with van der Waals surface area (Å²) in [7, 11) is 2.03. The van der Waals surface area contributed by atoms with Gasteiger partial charge in [-0.15, -0.1) is 0 Å². The van der Waals surface area contributed by atoms with Crippen molar-refractivity contribution < 1.29 is 9.90 Å². The number of carbonyl (C=O) groups is 1. The van der Waals surface area contributed by atoms with E-state index >= 15 is 0 Å². The Balaban J connectivity index is 2.61. The fourth-order valence-electron chi connectivity index (χ4n) is 1.90. The normalized spacial score (nSPS) is 31.2. The first-order chi connectivity index (χ1) is 6.15. The molecule has 2 atom stereocenters. The number of likely N-dealkylation sites (tertiary alicyclic amines) is 1. The van der Waals surface area contributed by atoms with E-state index in [0.717, 1.165) is 25.9 Å². The third-order valence-corrected chi connectivity index (χ3v) is 2.89. The van der Waals surface area contributed by atoms with Crippen molar-refractivity contribution in [3.63, 3.8) is 0 Å². The van der Waals surface area contributed by atoms with Gasteiger partial charge in [-0.05, 0) is 45.4 Å². The quantitative estimate of drug-likeness (QED) is 0.636. The molecule has 0 radical (unpaired) electrons. The van der Waals surface area contributed by atoms with Gasteiger partial charge in [0.2, 0.25) is 0 Å². The second kappa shape index (κ2) is 4.58. The first-order valence-corrected chi connectivity index (χ1v) is 4.76. The van der Waals surface area contributed by atoms with Crippen LogP contribution in [0.25, 0.3) is 0 Å². The Hall–Kier alpha value is -0.610. The zero-order valence-corrected chi connectivity index (χ0v) is 8.07. The monoisotopic (exact) mass is 186 g/mol. The van der Waals surface area contributed by atoms with E-state index in [0.29, 0.717) is 6.54 Å². The van der Waals surface area contributed by atoms with Crippen LogP contribution in [0.15, 0.2) is 0 Å². The maximum absolute atomic E-state index is 10.9. The van der Waals surface area contributed by atoms with Crippen molar-refractivity contribution in [3.05, 3.63) is 0 Å². The first kappa shape index (κ1) is 10.5. The Morgan fingerprint density at radius 3 is 2.69 bits per heavy atom. The highest BCUT2D eigenvalue weighted by Gasteiger charge is 2.29. The highest BCUT2D eigenvalue weighted by atomic mass is 16.4. The standard InChI is InChI=1S/C9H18N2O2/c1-11-4-2-7(6-10)8(3-5-11)9(12)13/h7-8H,2-6,10H2,1H3,(H,12,13)/t7-,8-/m1/s1. The van der Waals surface area contributed by atoms with Crippen molar-refractivity contribution in [1.29, 1.82) is 0 Å². The van der Waals surface area contributed by atoms with E-state index in [1.54, 1.807) is 0 Å². The summed E-state index contributed by atoms with van der Waals surface area (Å²) in [6.45, 7) is 2.32. The van der Waals surface area contributed by atoms with Crippen LogP contribution in [-0.2, 0) is 4.79 Å². The summed E-state index contributed by atoms with van der Waals surface area (Å²) in [6.07, 6.45) is 1.64. The minimum atomic E-state index is -0.689. The van der Waals surface area contributed by atoms with Crippen molar-refractivity contribution in [2.45, 2.75) is 12.8 Å². The molecule has 0 aromatic heterocycles. The molecular weight excluding hydrogens is 168 g/mol. The van der Waals surface area contributed by atoms with E-state index in [1.807, 2.05) is 7.05 Å². The lowest BCUT2D eigenvalue weighted by Crippen LogP contribution is -2.29. The lowest BCUT2D eigenvalue weighted by Gasteiger charge is -2.18. The molecule has 0 spiro atoms. The van der Waals surface area contributed by atoms with E-state index in [2.05, 4.69) is 4.90 Å². The molecule has 3 N–H and O–H groups in total. The molecule has 1 heterocycles. The minimum Gasteiger partial charge on any atom is -0.481 e. The molecule has 0 unspecified atom stereocenters. The van der Waals surface area contributed by atoms with Crippen LogP contribution >= 0.6 is 0 Å². The van der Waals surface area contributed by atoms with Crippen molar-refractivity contribution in [2.24, 2.45) is 17.6 Å². The van der Waals surface area contributed by atoms with Crippen LogP contribution in [0.2, 0.25) is 0 Å². The second-order valence-electron chi connectivity index (χ2n) is 3.82.